The van der Waals surface area contributed by atoms with Crippen molar-refractivity contribution < 1.29 is 28.9 Å². The highest BCUT2D eigenvalue weighted by molar-refractivity contribution is 6.67. The van der Waals surface area contributed by atoms with Crippen molar-refractivity contribution in [3.63, 3.8) is 0 Å². The Balaban J connectivity index is 0. The van der Waals surface area contributed by atoms with E-state index >= 15 is 0 Å². The van der Waals surface area contributed by atoms with Gasteiger partial charge in [0.05, 0.1) is 5.69 Å². The average molecular weight is 461 g/mol. The lowest BCUT2D eigenvalue weighted by atomic mass is 10.2. The second-order valence-corrected chi connectivity index (χ2v) is 6.21. The summed E-state index contributed by atoms with van der Waals surface area (Å²) in [5, 5.41) is 7.06. The third-order valence-electron chi connectivity index (χ3n) is 3.20. The highest BCUT2D eigenvalue weighted by Gasteiger charge is 2.36. The Morgan fingerprint density at radius 3 is 1.71 bits per heavy atom. The fourth-order valence-corrected chi connectivity index (χ4v) is 1.86. The van der Waals surface area contributed by atoms with E-state index in [4.69, 9.17) is 22.4 Å². The van der Waals surface area contributed by atoms with Gasteiger partial charge in [0.2, 0.25) is 0 Å². The molecule has 31 heavy (non-hydrogen) atoms. The Morgan fingerprint density at radius 2 is 1.39 bits per heavy atom. The van der Waals surface area contributed by atoms with Crippen molar-refractivity contribution in [3.05, 3.63) is 86.0 Å². The number of carboxylic acid groups (broad SMARTS) is 1. The molecule has 0 unspecified atom stereocenters. The molecule has 0 saturated carbocycles. The summed E-state index contributed by atoms with van der Waals surface area (Å²) in [6.07, 6.45) is 0.654. The molecule has 0 aliphatic rings. The lowest BCUT2D eigenvalue weighted by molar-refractivity contribution is -0.164. The van der Waals surface area contributed by atoms with Crippen molar-refractivity contribution in [2.75, 3.05) is 5.73 Å². The number of aliphatic carboxylic acids is 1. The second-order valence-electron chi connectivity index (χ2n) is 5.85. The van der Waals surface area contributed by atoms with Crippen LogP contribution in [0.3, 0.4) is 0 Å². The average Bonchev–Trinajstić information content (AvgIpc) is 2.70. The number of carboxylic acids is 1. The topological polar surface area (TPSA) is 75.7 Å². The van der Waals surface area contributed by atoms with Gasteiger partial charge >= 0.3 is 17.8 Å². The Morgan fingerprint density at radius 1 is 0.968 bits per heavy atom. The number of carbonyl (C=O) groups is 1. The normalized spacial score (nSPS) is 11.2. The minimum atomic E-state index is -3.65. The van der Waals surface area contributed by atoms with E-state index in [1.165, 1.54) is 0 Å². The minimum absolute atomic E-state index is 0. The molecule has 2 rings (SSSR count). The van der Waals surface area contributed by atoms with Crippen LogP contribution >= 0.6 is 11.6 Å². The number of anilines is 1. The molecule has 9 heteroatoms. The van der Waals surface area contributed by atoms with E-state index in [1.54, 1.807) is 30.3 Å². The molecule has 0 aromatic heterocycles. The number of rotatable bonds is 7. The zero-order valence-corrected chi connectivity index (χ0v) is 17.3. The van der Waals surface area contributed by atoms with Crippen LogP contribution in [-0.2, 0) is 4.79 Å². The fourth-order valence-electron chi connectivity index (χ4n) is 1.68. The van der Waals surface area contributed by atoms with Gasteiger partial charge in [0.25, 0.3) is 0 Å². The standard InChI is InChI=1S/C11H10ClF2N.C6H7N.C5H6F2O2.H2/c1-2-8-11(13,14)10(12)15-9-6-4-3-5-7-9;7-6-4-2-1-3-5-6;1-2-3-5(6,7)4(8)9;/h2-7H,1,8H2;1-5H,7H2;2H,1,3H2,(H,8,9);1H. The molecule has 0 atom stereocenters. The number of nitrogens with zero attached hydrogens (tertiary/aromatic N) is 1. The molecule has 170 valence electrons. The first-order valence-electron chi connectivity index (χ1n) is 8.77. The summed E-state index contributed by atoms with van der Waals surface area (Å²) in [6.45, 7) is 6.23. The van der Waals surface area contributed by atoms with Crippen LogP contribution in [-0.4, -0.2) is 28.1 Å². The van der Waals surface area contributed by atoms with E-state index in [9.17, 15) is 22.4 Å². The molecule has 0 radical (unpaired) electrons. The van der Waals surface area contributed by atoms with Gasteiger partial charge in [-0.05, 0) is 24.3 Å². The van der Waals surface area contributed by atoms with Gasteiger partial charge in [0.15, 0.2) is 5.17 Å². The van der Waals surface area contributed by atoms with Crippen molar-refractivity contribution in [1.82, 2.24) is 0 Å². The SMILES string of the molecule is C=CCC(F)(F)C(=O)O.C=CCC(F)(F)C(Cl)=Nc1ccccc1.Nc1ccccc1.[HH]. The third kappa shape index (κ3) is 12.2. The van der Waals surface area contributed by atoms with Gasteiger partial charge < -0.3 is 10.8 Å². The monoisotopic (exact) mass is 460 g/mol. The van der Waals surface area contributed by atoms with Gasteiger partial charge in [-0.25, -0.2) is 9.79 Å². The summed E-state index contributed by atoms with van der Waals surface area (Å²) in [6, 6.07) is 17.9. The first kappa shape index (κ1) is 27.9. The van der Waals surface area contributed by atoms with Crippen LogP contribution in [0.2, 0.25) is 0 Å². The molecule has 0 spiro atoms. The predicted octanol–water partition coefficient (Wildman–Crippen LogP) is 6.96. The Labute approximate surface area is 184 Å². The summed E-state index contributed by atoms with van der Waals surface area (Å²) in [4.78, 5) is 13.2. The van der Waals surface area contributed by atoms with E-state index < -0.39 is 35.8 Å². The maximum absolute atomic E-state index is 13.2. The number of para-hydroxylation sites is 2. The van der Waals surface area contributed by atoms with Crippen LogP contribution in [0.5, 0.6) is 0 Å². The Bertz CT molecular complexity index is 852. The van der Waals surface area contributed by atoms with Crippen molar-refractivity contribution in [2.45, 2.75) is 24.7 Å². The molecule has 0 aliphatic carbocycles. The molecule has 0 amide bonds. The van der Waals surface area contributed by atoms with E-state index in [1.807, 2.05) is 30.3 Å². The molecular weight excluding hydrogens is 436 g/mol. The quantitative estimate of drug-likeness (QED) is 0.203. The highest BCUT2D eigenvalue weighted by Crippen LogP contribution is 2.26. The van der Waals surface area contributed by atoms with Crippen molar-refractivity contribution in [2.24, 2.45) is 4.99 Å². The smallest absolute Gasteiger partial charge is 0.374 e. The molecule has 0 aliphatic heterocycles. The lowest BCUT2D eigenvalue weighted by Crippen LogP contribution is -2.26. The van der Waals surface area contributed by atoms with Gasteiger partial charge in [-0.15, -0.1) is 13.2 Å². The predicted molar refractivity (Wildman–Crippen MR) is 120 cm³/mol. The van der Waals surface area contributed by atoms with Gasteiger partial charge in [0, 0.05) is 20.0 Å². The van der Waals surface area contributed by atoms with Crippen molar-refractivity contribution in [1.29, 1.82) is 0 Å². The van der Waals surface area contributed by atoms with E-state index in [-0.39, 0.29) is 1.43 Å². The summed E-state index contributed by atoms with van der Waals surface area (Å²) < 4.78 is 50.1. The van der Waals surface area contributed by atoms with E-state index in [0.717, 1.165) is 17.8 Å². The first-order valence-corrected chi connectivity index (χ1v) is 9.15. The molecule has 3 N–H and O–H groups in total. The molecule has 0 heterocycles. The molecule has 2 aromatic carbocycles. The van der Waals surface area contributed by atoms with Crippen LogP contribution in [0.4, 0.5) is 28.9 Å². The highest BCUT2D eigenvalue weighted by atomic mass is 35.5. The number of nitrogens with two attached hydrogens (primary N) is 1. The molecular formula is C22H25ClF4N2O2. The summed E-state index contributed by atoms with van der Waals surface area (Å²) in [7, 11) is 0. The number of allylic oxidation sites excluding steroid dienone is 2. The summed E-state index contributed by atoms with van der Waals surface area (Å²) >= 11 is 5.44. The van der Waals surface area contributed by atoms with Gasteiger partial charge in [-0.1, -0.05) is 60.2 Å². The number of aliphatic imine (C=N–C) groups is 1. The molecule has 4 nitrogen and oxygen atoms in total. The van der Waals surface area contributed by atoms with Gasteiger partial charge in [0.1, 0.15) is 0 Å². The first-order chi connectivity index (χ1) is 14.5. The number of halogens is 5. The number of nitrogen functional groups attached to an aromatic ring is 1. The van der Waals surface area contributed by atoms with Crippen LogP contribution in [0.15, 0.2) is 91.0 Å². The van der Waals surface area contributed by atoms with Crippen LogP contribution < -0.4 is 5.73 Å². The zero-order chi connectivity index (χ0) is 23.9. The fraction of sp³-hybridized carbons (Fsp3) is 0.182. The summed E-state index contributed by atoms with van der Waals surface area (Å²) in [5.74, 6) is -8.90. The molecule has 0 fully saturated rings. The van der Waals surface area contributed by atoms with Gasteiger partial charge in [-0.2, -0.15) is 17.6 Å². The van der Waals surface area contributed by atoms with Crippen molar-refractivity contribution >= 4 is 34.1 Å². The largest absolute Gasteiger partial charge is 0.477 e. The minimum Gasteiger partial charge on any atom is -0.477 e. The van der Waals surface area contributed by atoms with E-state index in [0.29, 0.717) is 5.69 Å². The molecule has 0 bridgehead atoms. The maximum atomic E-state index is 13.2. The number of hydrogen-bond donors (Lipinski definition) is 2. The van der Waals surface area contributed by atoms with Gasteiger partial charge in [-0.3, -0.25) is 0 Å². The Kier molecular flexibility index (Phi) is 12.6. The number of hydrogen-bond acceptors (Lipinski definition) is 3. The summed E-state index contributed by atoms with van der Waals surface area (Å²) in [5.41, 5.74) is 6.59. The molecule has 0 saturated heterocycles. The van der Waals surface area contributed by atoms with Crippen LogP contribution in [0, 0.1) is 0 Å². The zero-order valence-electron chi connectivity index (χ0n) is 16.5. The van der Waals surface area contributed by atoms with Crippen molar-refractivity contribution in [3.8, 4) is 0 Å². The maximum Gasteiger partial charge on any atom is 0.374 e. The Hall–Kier alpha value is -3.13. The second kappa shape index (κ2) is 14.0. The van der Waals surface area contributed by atoms with E-state index in [2.05, 4.69) is 18.2 Å². The number of benzene rings is 2. The van der Waals surface area contributed by atoms with Crippen LogP contribution in [0.25, 0.3) is 0 Å². The molecule has 2 aromatic rings. The lowest BCUT2D eigenvalue weighted by Gasteiger charge is -2.11. The third-order valence-corrected chi connectivity index (χ3v) is 3.56. The van der Waals surface area contributed by atoms with Crippen LogP contribution in [0.1, 0.15) is 14.3 Å². The number of alkyl halides is 4.